The third-order valence-electron chi connectivity index (χ3n) is 4.73. The molecule has 0 saturated heterocycles. The zero-order valence-corrected chi connectivity index (χ0v) is 17.5. The number of thioether (sulfide) groups is 1. The van der Waals surface area contributed by atoms with Crippen LogP contribution in [0.15, 0.2) is 0 Å². The van der Waals surface area contributed by atoms with Crippen molar-refractivity contribution in [3.63, 3.8) is 0 Å². The molecular formula is C21H45NOS. The van der Waals surface area contributed by atoms with Gasteiger partial charge in [0.25, 0.3) is 0 Å². The molecule has 0 aliphatic rings. The highest BCUT2D eigenvalue weighted by atomic mass is 32.2. The molecule has 2 nitrogen and oxygen atoms in total. The van der Waals surface area contributed by atoms with Crippen LogP contribution < -0.4 is 5.73 Å². The van der Waals surface area contributed by atoms with Crippen molar-refractivity contribution in [3.05, 3.63) is 0 Å². The molecule has 0 heterocycles. The summed E-state index contributed by atoms with van der Waals surface area (Å²) < 4.78 is 5.18. The van der Waals surface area contributed by atoms with Crippen LogP contribution >= 0.6 is 11.8 Å². The van der Waals surface area contributed by atoms with Crippen molar-refractivity contribution in [1.29, 1.82) is 0 Å². The van der Waals surface area contributed by atoms with Crippen molar-refractivity contribution >= 4 is 11.8 Å². The second-order valence-electron chi connectivity index (χ2n) is 7.23. The van der Waals surface area contributed by atoms with E-state index in [1.165, 1.54) is 95.6 Å². The van der Waals surface area contributed by atoms with E-state index in [1.54, 1.807) is 7.11 Å². The van der Waals surface area contributed by atoms with Crippen LogP contribution in [0.5, 0.6) is 0 Å². The molecule has 0 fully saturated rings. The first-order valence-electron chi connectivity index (χ1n) is 10.6. The van der Waals surface area contributed by atoms with Gasteiger partial charge in [0, 0.05) is 13.0 Å². The lowest BCUT2D eigenvalue weighted by Gasteiger charge is -2.12. The molecule has 0 saturated carbocycles. The molecule has 146 valence electrons. The first-order chi connectivity index (χ1) is 11.8. The van der Waals surface area contributed by atoms with E-state index in [-0.39, 0.29) is 0 Å². The summed E-state index contributed by atoms with van der Waals surface area (Å²) in [7, 11) is 1.76. The Kier molecular flexibility index (Phi) is 21.6. The Morgan fingerprint density at radius 3 is 1.62 bits per heavy atom. The molecule has 0 spiro atoms. The summed E-state index contributed by atoms with van der Waals surface area (Å²) in [5, 5.41) is 0. The van der Waals surface area contributed by atoms with E-state index in [2.05, 4.69) is 18.7 Å². The van der Waals surface area contributed by atoms with Gasteiger partial charge in [-0.25, -0.2) is 0 Å². The van der Waals surface area contributed by atoms with Crippen molar-refractivity contribution < 1.29 is 4.74 Å². The van der Waals surface area contributed by atoms with Gasteiger partial charge in [-0.15, -0.1) is 0 Å². The quantitative estimate of drug-likeness (QED) is 0.255. The summed E-state index contributed by atoms with van der Waals surface area (Å²) in [6.07, 6.45) is 20.1. The SMILES string of the molecule is CCCCCCCCCCCCCCCCSCC(CN)COC. The Morgan fingerprint density at radius 1 is 0.750 bits per heavy atom. The molecule has 0 bridgehead atoms. The predicted molar refractivity (Wildman–Crippen MR) is 112 cm³/mol. The van der Waals surface area contributed by atoms with Gasteiger partial charge < -0.3 is 10.5 Å². The summed E-state index contributed by atoms with van der Waals surface area (Å²) in [5.41, 5.74) is 5.73. The van der Waals surface area contributed by atoms with Crippen LogP contribution in [-0.4, -0.2) is 31.8 Å². The molecule has 0 aromatic heterocycles. The van der Waals surface area contributed by atoms with Gasteiger partial charge in [0.2, 0.25) is 0 Å². The second-order valence-corrected chi connectivity index (χ2v) is 8.38. The molecule has 1 unspecified atom stereocenters. The van der Waals surface area contributed by atoms with E-state index in [0.29, 0.717) is 5.92 Å². The Bertz CT molecular complexity index is 226. The molecule has 0 aromatic carbocycles. The lowest BCUT2D eigenvalue weighted by Crippen LogP contribution is -2.21. The van der Waals surface area contributed by atoms with Gasteiger partial charge in [-0.05, 0) is 24.5 Å². The average Bonchev–Trinajstić information content (AvgIpc) is 2.60. The maximum Gasteiger partial charge on any atom is 0.0510 e. The molecule has 24 heavy (non-hydrogen) atoms. The maximum atomic E-state index is 5.73. The fourth-order valence-electron chi connectivity index (χ4n) is 3.07. The van der Waals surface area contributed by atoms with E-state index in [0.717, 1.165) is 18.9 Å². The Morgan fingerprint density at radius 2 is 1.21 bits per heavy atom. The van der Waals surface area contributed by atoms with Crippen LogP contribution in [-0.2, 0) is 4.74 Å². The molecule has 0 aliphatic heterocycles. The highest BCUT2D eigenvalue weighted by molar-refractivity contribution is 7.99. The summed E-state index contributed by atoms with van der Waals surface area (Å²) in [4.78, 5) is 0. The largest absolute Gasteiger partial charge is 0.384 e. The number of unbranched alkanes of at least 4 members (excludes halogenated alkanes) is 13. The molecule has 3 heteroatoms. The number of rotatable bonds is 20. The van der Waals surface area contributed by atoms with Crippen molar-refractivity contribution in [2.75, 3.05) is 31.8 Å². The highest BCUT2D eigenvalue weighted by Gasteiger charge is 2.05. The Labute approximate surface area is 157 Å². The molecular weight excluding hydrogens is 314 g/mol. The first kappa shape index (κ1) is 24.3. The minimum atomic E-state index is 0.534. The second kappa shape index (κ2) is 21.3. The minimum absolute atomic E-state index is 0.534. The topological polar surface area (TPSA) is 35.2 Å². The molecule has 0 amide bonds. The lowest BCUT2D eigenvalue weighted by molar-refractivity contribution is 0.164. The van der Waals surface area contributed by atoms with Crippen LogP contribution in [0.4, 0.5) is 0 Å². The number of hydrogen-bond donors (Lipinski definition) is 1. The van der Waals surface area contributed by atoms with Gasteiger partial charge in [0.05, 0.1) is 6.61 Å². The zero-order chi connectivity index (χ0) is 17.7. The average molecular weight is 360 g/mol. The third kappa shape index (κ3) is 18.6. The summed E-state index contributed by atoms with van der Waals surface area (Å²) in [6.45, 7) is 3.85. The molecule has 0 aromatic rings. The van der Waals surface area contributed by atoms with Crippen LogP contribution in [0, 0.1) is 5.92 Å². The molecule has 0 rings (SSSR count). The van der Waals surface area contributed by atoms with Crippen LogP contribution in [0.25, 0.3) is 0 Å². The Hall–Kier alpha value is 0.270. The fourth-order valence-corrected chi connectivity index (χ4v) is 4.21. The molecule has 1 atom stereocenters. The number of ether oxygens (including phenoxy) is 1. The van der Waals surface area contributed by atoms with E-state index in [4.69, 9.17) is 10.5 Å². The number of hydrogen-bond acceptors (Lipinski definition) is 3. The van der Waals surface area contributed by atoms with Gasteiger partial charge in [-0.2, -0.15) is 11.8 Å². The van der Waals surface area contributed by atoms with Gasteiger partial charge in [0.15, 0.2) is 0 Å². The first-order valence-corrected chi connectivity index (χ1v) is 11.8. The summed E-state index contributed by atoms with van der Waals surface area (Å²) >= 11 is 2.05. The fraction of sp³-hybridized carbons (Fsp3) is 1.00. The summed E-state index contributed by atoms with van der Waals surface area (Å²) in [6, 6.07) is 0. The molecule has 0 aliphatic carbocycles. The number of nitrogens with two attached hydrogens (primary N) is 1. The van der Waals surface area contributed by atoms with Crippen molar-refractivity contribution in [1.82, 2.24) is 0 Å². The monoisotopic (exact) mass is 359 g/mol. The van der Waals surface area contributed by atoms with Crippen molar-refractivity contribution in [2.45, 2.75) is 96.8 Å². The van der Waals surface area contributed by atoms with E-state index in [9.17, 15) is 0 Å². The standard InChI is InChI=1S/C21H45NOS/c1-3-4-5-6-7-8-9-10-11-12-13-14-15-16-17-24-20-21(18-22)19-23-2/h21H,3-20,22H2,1-2H3. The van der Waals surface area contributed by atoms with Crippen molar-refractivity contribution in [2.24, 2.45) is 11.7 Å². The van der Waals surface area contributed by atoms with Gasteiger partial charge in [-0.3, -0.25) is 0 Å². The van der Waals surface area contributed by atoms with Crippen LogP contribution in [0.2, 0.25) is 0 Å². The van der Waals surface area contributed by atoms with Gasteiger partial charge in [0.1, 0.15) is 0 Å². The van der Waals surface area contributed by atoms with E-state index < -0.39 is 0 Å². The minimum Gasteiger partial charge on any atom is -0.384 e. The van der Waals surface area contributed by atoms with Crippen LogP contribution in [0.3, 0.4) is 0 Å². The summed E-state index contributed by atoms with van der Waals surface area (Å²) in [5.74, 6) is 2.98. The highest BCUT2D eigenvalue weighted by Crippen LogP contribution is 2.15. The van der Waals surface area contributed by atoms with Gasteiger partial charge in [-0.1, -0.05) is 90.4 Å². The third-order valence-corrected chi connectivity index (χ3v) is 6.02. The van der Waals surface area contributed by atoms with E-state index >= 15 is 0 Å². The van der Waals surface area contributed by atoms with Crippen LogP contribution in [0.1, 0.15) is 96.8 Å². The molecule has 0 radical (unpaired) electrons. The maximum absolute atomic E-state index is 5.73. The number of methoxy groups -OCH3 is 1. The smallest absolute Gasteiger partial charge is 0.0510 e. The Balaban J connectivity index is 3.07. The van der Waals surface area contributed by atoms with E-state index in [1.807, 2.05) is 0 Å². The van der Waals surface area contributed by atoms with Crippen molar-refractivity contribution in [3.8, 4) is 0 Å². The lowest BCUT2D eigenvalue weighted by atomic mass is 10.0. The normalized spacial score (nSPS) is 12.6. The van der Waals surface area contributed by atoms with Gasteiger partial charge >= 0.3 is 0 Å². The predicted octanol–water partition coefficient (Wildman–Crippen LogP) is 6.42. The molecule has 2 N–H and O–H groups in total. The zero-order valence-electron chi connectivity index (χ0n) is 16.7.